The van der Waals surface area contributed by atoms with Crippen LogP contribution in [0.2, 0.25) is 0 Å². The molecular formula is C18H20N2O4. The van der Waals surface area contributed by atoms with Crippen molar-refractivity contribution in [3.05, 3.63) is 70.1 Å². The monoisotopic (exact) mass is 328 g/mol. The first kappa shape index (κ1) is 17.3. The van der Waals surface area contributed by atoms with Crippen LogP contribution in [-0.2, 0) is 13.1 Å². The Kier molecular flexibility index (Phi) is 6.19. The molecule has 0 unspecified atom stereocenters. The molecule has 6 nitrogen and oxygen atoms in total. The molecule has 6 heteroatoms. The van der Waals surface area contributed by atoms with Crippen LogP contribution in [0.5, 0.6) is 11.5 Å². The zero-order valence-corrected chi connectivity index (χ0v) is 13.7. The van der Waals surface area contributed by atoms with E-state index in [4.69, 9.17) is 9.47 Å². The highest BCUT2D eigenvalue weighted by Crippen LogP contribution is 2.12. The van der Waals surface area contributed by atoms with E-state index >= 15 is 0 Å². The van der Waals surface area contributed by atoms with Crippen LogP contribution < -0.4 is 9.47 Å². The lowest BCUT2D eigenvalue weighted by Gasteiger charge is -2.06. The third kappa shape index (κ3) is 5.31. The Balaban J connectivity index is 1.94. The highest BCUT2D eigenvalue weighted by Gasteiger charge is 2.02. The van der Waals surface area contributed by atoms with Gasteiger partial charge >= 0.3 is 0 Å². The van der Waals surface area contributed by atoms with E-state index in [-0.39, 0.29) is 13.1 Å². The fourth-order valence-electron chi connectivity index (χ4n) is 2.08. The Morgan fingerprint density at radius 3 is 1.33 bits per heavy atom. The van der Waals surface area contributed by atoms with Gasteiger partial charge in [0.2, 0.25) is 12.4 Å². The molecule has 0 N–H and O–H groups in total. The number of hydroxylamine groups is 2. The molecule has 2 aromatic rings. The highest BCUT2D eigenvalue weighted by molar-refractivity contribution is 6.10. The lowest BCUT2D eigenvalue weighted by molar-refractivity contribution is -0.482. The maximum absolute atomic E-state index is 11.8. The maximum Gasteiger partial charge on any atom is 0.240 e. The number of nitrogens with zero attached hydrogens (tertiary/aromatic N) is 2. The van der Waals surface area contributed by atoms with Crippen LogP contribution in [0.15, 0.2) is 48.5 Å². The van der Waals surface area contributed by atoms with Gasteiger partial charge in [-0.3, -0.25) is 0 Å². The summed E-state index contributed by atoms with van der Waals surface area (Å²) >= 11 is 0. The molecule has 24 heavy (non-hydrogen) atoms. The summed E-state index contributed by atoms with van der Waals surface area (Å²) in [6.07, 6.45) is 2.45. The molecule has 2 rings (SSSR count). The predicted octanol–water partition coefficient (Wildman–Crippen LogP) is 2.57. The minimum absolute atomic E-state index is 0.164. The summed E-state index contributed by atoms with van der Waals surface area (Å²) in [4.78, 5) is 0. The summed E-state index contributed by atoms with van der Waals surface area (Å²) in [5.74, 6) is 1.47. The Labute approximate surface area is 141 Å². The van der Waals surface area contributed by atoms with Crippen LogP contribution in [0.4, 0.5) is 0 Å². The van der Waals surface area contributed by atoms with Crippen LogP contribution in [0.1, 0.15) is 11.1 Å². The van der Waals surface area contributed by atoms with E-state index in [1.54, 1.807) is 38.5 Å². The lowest BCUT2D eigenvalue weighted by atomic mass is 10.2. The first-order valence-electron chi connectivity index (χ1n) is 7.42. The molecule has 0 radical (unpaired) electrons. The smallest absolute Gasteiger partial charge is 0.240 e. The number of methoxy groups -OCH3 is 2. The van der Waals surface area contributed by atoms with Gasteiger partial charge in [-0.2, -0.15) is 0 Å². The lowest BCUT2D eigenvalue weighted by Crippen LogP contribution is -2.11. The van der Waals surface area contributed by atoms with E-state index in [0.717, 1.165) is 22.6 Å². The molecule has 0 saturated carbocycles. The molecule has 0 amide bonds. The second-order valence-corrected chi connectivity index (χ2v) is 5.14. The van der Waals surface area contributed by atoms with Crippen molar-refractivity contribution in [1.29, 1.82) is 0 Å². The van der Waals surface area contributed by atoms with Crippen molar-refractivity contribution in [3.8, 4) is 11.5 Å². The van der Waals surface area contributed by atoms with Gasteiger partial charge in [0.25, 0.3) is 0 Å². The molecule has 0 aromatic heterocycles. The van der Waals surface area contributed by atoms with E-state index in [2.05, 4.69) is 0 Å². The summed E-state index contributed by atoms with van der Waals surface area (Å²) in [5.41, 5.74) is 1.67. The summed E-state index contributed by atoms with van der Waals surface area (Å²) in [6.45, 7) is 0.327. The molecule has 0 spiro atoms. The van der Waals surface area contributed by atoms with Crippen LogP contribution in [0, 0.1) is 10.4 Å². The summed E-state index contributed by atoms with van der Waals surface area (Å²) in [6, 6.07) is 14.4. The first-order valence-corrected chi connectivity index (χ1v) is 7.42. The molecule has 0 aliphatic rings. The van der Waals surface area contributed by atoms with Gasteiger partial charge in [0, 0.05) is 11.1 Å². The summed E-state index contributed by atoms with van der Waals surface area (Å²) in [5, 5.41) is 23.6. The zero-order valence-electron chi connectivity index (χ0n) is 13.7. The number of ether oxygens (including phenoxy) is 2. The molecule has 0 heterocycles. The van der Waals surface area contributed by atoms with Gasteiger partial charge in [-0.15, -0.1) is 0 Å². The van der Waals surface area contributed by atoms with E-state index in [1.165, 1.54) is 12.4 Å². The highest BCUT2D eigenvalue weighted by atomic mass is 16.5. The van der Waals surface area contributed by atoms with Gasteiger partial charge in [0.15, 0.2) is 13.1 Å². The van der Waals surface area contributed by atoms with Crippen molar-refractivity contribution in [2.75, 3.05) is 14.2 Å². The molecule has 126 valence electrons. The van der Waals surface area contributed by atoms with Gasteiger partial charge in [-0.1, -0.05) is 0 Å². The predicted molar refractivity (Wildman–Crippen MR) is 92.8 cm³/mol. The second-order valence-electron chi connectivity index (χ2n) is 5.14. The number of benzene rings is 2. The summed E-state index contributed by atoms with van der Waals surface area (Å²) < 4.78 is 11.5. The molecule has 0 bridgehead atoms. The van der Waals surface area contributed by atoms with Gasteiger partial charge in [0.1, 0.15) is 11.5 Å². The van der Waals surface area contributed by atoms with Crippen LogP contribution >= 0.6 is 0 Å². The van der Waals surface area contributed by atoms with Crippen LogP contribution in [0.3, 0.4) is 0 Å². The molecular weight excluding hydrogens is 308 g/mol. The number of rotatable bonds is 7. The molecule has 0 fully saturated rings. The molecule has 0 atom stereocenters. The Morgan fingerprint density at radius 2 is 1.04 bits per heavy atom. The average Bonchev–Trinajstić information content (AvgIpc) is 2.61. The minimum atomic E-state index is 0.164. The van der Waals surface area contributed by atoms with Crippen LogP contribution in [0.25, 0.3) is 0 Å². The third-order valence-electron chi connectivity index (χ3n) is 3.39. The third-order valence-corrected chi connectivity index (χ3v) is 3.39. The number of hydrogen-bond donors (Lipinski definition) is 0. The zero-order chi connectivity index (χ0) is 17.4. The van der Waals surface area contributed by atoms with Crippen molar-refractivity contribution in [2.24, 2.45) is 0 Å². The van der Waals surface area contributed by atoms with E-state index < -0.39 is 0 Å². The van der Waals surface area contributed by atoms with Crippen molar-refractivity contribution in [2.45, 2.75) is 13.1 Å². The maximum atomic E-state index is 11.8. The second kappa shape index (κ2) is 8.57. The van der Waals surface area contributed by atoms with Gasteiger partial charge in [0.05, 0.1) is 14.2 Å². The van der Waals surface area contributed by atoms with Gasteiger partial charge in [-0.05, 0) is 48.5 Å². The largest absolute Gasteiger partial charge is 0.623 e. The average molecular weight is 328 g/mol. The number of hydrogen-bond acceptors (Lipinski definition) is 4. The quantitative estimate of drug-likeness (QED) is 0.339. The van der Waals surface area contributed by atoms with E-state index in [0.29, 0.717) is 9.48 Å². The molecule has 2 aromatic carbocycles. The summed E-state index contributed by atoms with van der Waals surface area (Å²) in [7, 11) is 3.17. The first-order chi connectivity index (χ1) is 11.6. The van der Waals surface area contributed by atoms with E-state index in [9.17, 15) is 10.4 Å². The topological polar surface area (TPSA) is 70.6 Å². The normalized spacial score (nSPS) is 12.1. The minimum Gasteiger partial charge on any atom is -0.623 e. The van der Waals surface area contributed by atoms with Crippen molar-refractivity contribution in [3.63, 3.8) is 0 Å². The van der Waals surface area contributed by atoms with Gasteiger partial charge in [-0.25, -0.2) is 9.48 Å². The van der Waals surface area contributed by atoms with Crippen LogP contribution in [-0.4, -0.2) is 36.1 Å². The Hall–Kier alpha value is -3.02. The van der Waals surface area contributed by atoms with Crippen molar-refractivity contribution >= 4 is 12.4 Å². The molecule has 0 aliphatic carbocycles. The standard InChI is InChI=1S/C18H20N2O4/c1-23-17-7-3-15(4-8-17)13-19(21)11-12-20(22)14-16-5-9-18(24-2)10-6-16/h3-12H,13-14H2,1-2H3/b19-11-,20-12-. The molecule has 0 aliphatic heterocycles. The van der Waals surface area contributed by atoms with Crippen molar-refractivity contribution < 1.29 is 19.0 Å². The van der Waals surface area contributed by atoms with E-state index in [1.807, 2.05) is 24.3 Å². The van der Waals surface area contributed by atoms with Crippen molar-refractivity contribution in [1.82, 2.24) is 0 Å². The van der Waals surface area contributed by atoms with Gasteiger partial charge < -0.3 is 19.9 Å². The molecule has 0 saturated heterocycles. The fourth-order valence-corrected chi connectivity index (χ4v) is 2.08. The SMILES string of the molecule is COc1ccc(C/[N+]([O-])=C/C=[N+](\[O-])Cc2ccc(OC)cc2)cc1. The Morgan fingerprint density at radius 1 is 0.708 bits per heavy atom. The Bertz CT molecular complexity index is 643. The fraction of sp³-hybridized carbons (Fsp3) is 0.222.